The zero-order valence-corrected chi connectivity index (χ0v) is 14.6. The molecule has 2 nitrogen and oxygen atoms in total. The summed E-state index contributed by atoms with van der Waals surface area (Å²) in [4.78, 5) is 2.14. The predicted octanol–water partition coefficient (Wildman–Crippen LogP) is 0.0599. The maximum atomic E-state index is 2.22. The van der Waals surface area contributed by atoms with Crippen LogP contribution in [0.3, 0.4) is 0 Å². The number of halogens is 1. The highest BCUT2D eigenvalue weighted by Gasteiger charge is 2.02. The number of aryl methyl sites for hydroxylation is 2. The van der Waals surface area contributed by atoms with Gasteiger partial charge < -0.3 is 28.9 Å². The zero-order chi connectivity index (χ0) is 13.8. The van der Waals surface area contributed by atoms with Crippen molar-refractivity contribution < 1.29 is 28.5 Å². The summed E-state index contributed by atoms with van der Waals surface area (Å²) in [5.74, 6) is 0. The Kier molecular flexibility index (Phi) is 6.20. The molecule has 0 aliphatic rings. The Labute approximate surface area is 138 Å². The number of anilines is 1. The van der Waals surface area contributed by atoms with E-state index in [4.69, 9.17) is 0 Å². The SMILES string of the molecule is Cc1cc(/C=C/c2cccc[n+]2C)ccc1N(C)C.[I-]. The summed E-state index contributed by atoms with van der Waals surface area (Å²) < 4.78 is 2.11. The molecule has 0 N–H and O–H groups in total. The lowest BCUT2D eigenvalue weighted by Gasteiger charge is -2.15. The van der Waals surface area contributed by atoms with Crippen molar-refractivity contribution in [2.45, 2.75) is 6.92 Å². The molecule has 2 rings (SSSR count). The van der Waals surface area contributed by atoms with Gasteiger partial charge in [0.05, 0.1) is 0 Å². The first-order valence-corrected chi connectivity index (χ1v) is 6.48. The third kappa shape index (κ3) is 4.07. The van der Waals surface area contributed by atoms with Gasteiger partial charge >= 0.3 is 0 Å². The highest BCUT2D eigenvalue weighted by Crippen LogP contribution is 2.20. The van der Waals surface area contributed by atoms with Gasteiger partial charge in [0.15, 0.2) is 6.20 Å². The van der Waals surface area contributed by atoms with Crippen molar-refractivity contribution in [1.29, 1.82) is 0 Å². The number of nitrogens with zero attached hydrogens (tertiary/aromatic N) is 2. The molecule has 2 aromatic rings. The molecule has 0 aliphatic carbocycles. The van der Waals surface area contributed by atoms with Crippen LogP contribution in [0.4, 0.5) is 5.69 Å². The van der Waals surface area contributed by atoms with Crippen LogP contribution >= 0.6 is 0 Å². The zero-order valence-electron chi connectivity index (χ0n) is 12.5. The van der Waals surface area contributed by atoms with Gasteiger partial charge in [0.25, 0.3) is 0 Å². The molecule has 0 amide bonds. The van der Waals surface area contributed by atoms with Crippen LogP contribution in [-0.4, -0.2) is 14.1 Å². The normalized spacial score (nSPS) is 10.4. The number of rotatable bonds is 3. The van der Waals surface area contributed by atoms with E-state index in [2.05, 4.69) is 86.2 Å². The van der Waals surface area contributed by atoms with Crippen LogP contribution in [0.1, 0.15) is 16.8 Å². The van der Waals surface area contributed by atoms with Crippen molar-refractivity contribution in [3.05, 3.63) is 59.4 Å². The molecule has 0 saturated carbocycles. The van der Waals surface area contributed by atoms with Crippen LogP contribution in [0.5, 0.6) is 0 Å². The highest BCUT2D eigenvalue weighted by molar-refractivity contribution is 5.69. The second kappa shape index (κ2) is 7.43. The Morgan fingerprint density at radius 3 is 2.40 bits per heavy atom. The first-order chi connectivity index (χ1) is 9.08. The summed E-state index contributed by atoms with van der Waals surface area (Å²) in [6, 6.07) is 12.7. The summed E-state index contributed by atoms with van der Waals surface area (Å²) in [6.07, 6.45) is 6.35. The van der Waals surface area contributed by atoms with Crippen molar-refractivity contribution in [3.63, 3.8) is 0 Å². The average Bonchev–Trinajstić information content (AvgIpc) is 2.37. The number of hydrogen-bond donors (Lipinski definition) is 0. The second-order valence-corrected chi connectivity index (χ2v) is 5.01. The molecule has 0 atom stereocenters. The minimum Gasteiger partial charge on any atom is -1.00 e. The van der Waals surface area contributed by atoms with E-state index in [1.54, 1.807) is 0 Å². The van der Waals surface area contributed by atoms with Gasteiger partial charge in [0.2, 0.25) is 5.69 Å². The van der Waals surface area contributed by atoms with Gasteiger partial charge in [0.1, 0.15) is 7.05 Å². The predicted molar refractivity (Wildman–Crippen MR) is 82.1 cm³/mol. The van der Waals surface area contributed by atoms with E-state index in [0.717, 1.165) is 0 Å². The Hall–Kier alpha value is -1.36. The van der Waals surface area contributed by atoms with Crippen molar-refractivity contribution in [3.8, 4) is 0 Å². The largest absolute Gasteiger partial charge is 1.00 e. The topological polar surface area (TPSA) is 7.12 Å². The molecule has 3 heteroatoms. The lowest BCUT2D eigenvalue weighted by Crippen LogP contribution is -3.00. The third-order valence-electron chi connectivity index (χ3n) is 3.24. The van der Waals surface area contributed by atoms with E-state index in [0.29, 0.717) is 0 Å². The fraction of sp³-hybridized carbons (Fsp3) is 0.235. The Morgan fingerprint density at radius 1 is 1.05 bits per heavy atom. The van der Waals surface area contributed by atoms with Gasteiger partial charge in [-0.15, -0.1) is 0 Å². The van der Waals surface area contributed by atoms with E-state index in [1.807, 2.05) is 6.07 Å². The standard InChI is InChI=1S/C17H21N2.HI/c1-14-13-15(9-11-17(14)18(2)3)8-10-16-7-5-6-12-19(16)4;/h5-13H,1-4H3;1H/q+1;/p-1. The van der Waals surface area contributed by atoms with Crippen LogP contribution in [0.2, 0.25) is 0 Å². The summed E-state index contributed by atoms with van der Waals surface area (Å²) in [6.45, 7) is 2.15. The van der Waals surface area contributed by atoms with Gasteiger partial charge in [-0.25, -0.2) is 4.57 Å². The number of aromatic nitrogens is 1. The van der Waals surface area contributed by atoms with Crippen molar-refractivity contribution >= 4 is 17.8 Å². The van der Waals surface area contributed by atoms with Crippen molar-refractivity contribution in [2.75, 3.05) is 19.0 Å². The van der Waals surface area contributed by atoms with E-state index in [-0.39, 0.29) is 24.0 Å². The van der Waals surface area contributed by atoms with Crippen LogP contribution in [0.25, 0.3) is 12.2 Å². The number of hydrogen-bond acceptors (Lipinski definition) is 1. The molecular formula is C17H21IN2. The van der Waals surface area contributed by atoms with Gasteiger partial charge in [-0.3, -0.25) is 0 Å². The fourth-order valence-corrected chi connectivity index (χ4v) is 2.18. The summed E-state index contributed by atoms with van der Waals surface area (Å²) in [5, 5.41) is 0. The molecule has 0 radical (unpaired) electrons. The Bertz CT molecular complexity index is 604. The van der Waals surface area contributed by atoms with Gasteiger partial charge in [-0.2, -0.15) is 0 Å². The molecule has 1 heterocycles. The number of benzene rings is 1. The number of pyridine rings is 1. The van der Waals surface area contributed by atoms with Crippen LogP contribution in [0, 0.1) is 6.92 Å². The smallest absolute Gasteiger partial charge is 0.204 e. The van der Waals surface area contributed by atoms with Crippen LogP contribution < -0.4 is 33.4 Å². The van der Waals surface area contributed by atoms with Crippen LogP contribution in [-0.2, 0) is 7.05 Å². The van der Waals surface area contributed by atoms with Crippen LogP contribution in [0.15, 0.2) is 42.6 Å². The summed E-state index contributed by atoms with van der Waals surface area (Å²) in [7, 11) is 6.20. The molecule has 20 heavy (non-hydrogen) atoms. The van der Waals surface area contributed by atoms with Crippen molar-refractivity contribution in [2.24, 2.45) is 7.05 Å². The van der Waals surface area contributed by atoms with Gasteiger partial charge in [0, 0.05) is 38.0 Å². The first-order valence-electron chi connectivity index (χ1n) is 6.48. The lowest BCUT2D eigenvalue weighted by atomic mass is 10.1. The lowest BCUT2D eigenvalue weighted by molar-refractivity contribution is -0.673. The summed E-state index contributed by atoms with van der Waals surface area (Å²) >= 11 is 0. The molecule has 0 saturated heterocycles. The average molecular weight is 380 g/mol. The molecule has 106 valence electrons. The minimum absolute atomic E-state index is 0. The molecule has 1 aromatic heterocycles. The minimum atomic E-state index is 0. The Morgan fingerprint density at radius 2 is 1.80 bits per heavy atom. The fourth-order valence-electron chi connectivity index (χ4n) is 2.18. The highest BCUT2D eigenvalue weighted by atomic mass is 127. The molecule has 0 fully saturated rings. The van der Waals surface area contributed by atoms with E-state index >= 15 is 0 Å². The maximum absolute atomic E-state index is 2.22. The quantitative estimate of drug-likeness (QED) is 0.540. The summed E-state index contributed by atoms with van der Waals surface area (Å²) in [5.41, 5.74) is 4.98. The molecule has 0 aliphatic heterocycles. The molecule has 0 bridgehead atoms. The molecule has 1 aromatic carbocycles. The maximum Gasteiger partial charge on any atom is 0.204 e. The molecular weight excluding hydrogens is 359 g/mol. The Balaban J connectivity index is 0.00000200. The monoisotopic (exact) mass is 380 g/mol. The van der Waals surface area contributed by atoms with Gasteiger partial charge in [-0.05, 0) is 42.3 Å². The first kappa shape index (κ1) is 16.7. The van der Waals surface area contributed by atoms with E-state index < -0.39 is 0 Å². The van der Waals surface area contributed by atoms with Crippen molar-refractivity contribution in [1.82, 2.24) is 0 Å². The van der Waals surface area contributed by atoms with E-state index in [1.165, 1.54) is 22.5 Å². The molecule has 0 unspecified atom stereocenters. The van der Waals surface area contributed by atoms with Gasteiger partial charge in [-0.1, -0.05) is 6.07 Å². The third-order valence-corrected chi connectivity index (χ3v) is 3.24. The second-order valence-electron chi connectivity index (χ2n) is 5.01. The van der Waals surface area contributed by atoms with E-state index in [9.17, 15) is 0 Å². The molecule has 0 spiro atoms.